The minimum absolute atomic E-state index is 0.0682. The second kappa shape index (κ2) is 6.74. The van der Waals surface area contributed by atoms with Gasteiger partial charge in [0.2, 0.25) is 10.0 Å². The first-order valence-corrected chi connectivity index (χ1v) is 9.34. The normalized spacial score (nSPS) is 11.3. The van der Waals surface area contributed by atoms with Gasteiger partial charge in [-0.1, -0.05) is 12.7 Å². The predicted molar refractivity (Wildman–Crippen MR) is 102 cm³/mol. The number of aromatic nitrogens is 3. The number of hydrogen-bond acceptors (Lipinski definition) is 5. The Bertz CT molecular complexity index is 1070. The molecule has 0 radical (unpaired) electrons. The molecule has 0 atom stereocenters. The van der Waals surface area contributed by atoms with Crippen molar-refractivity contribution in [2.24, 2.45) is 12.2 Å². The average molecular weight is 369 g/mol. The fraction of sp³-hybridized carbons (Fsp3) is 0.111. The fourth-order valence-electron chi connectivity index (χ4n) is 2.71. The molecule has 7 nitrogen and oxygen atoms in total. The first kappa shape index (κ1) is 17.8. The number of primary sulfonamides is 1. The van der Waals surface area contributed by atoms with Crippen molar-refractivity contribution >= 4 is 27.6 Å². The highest BCUT2D eigenvalue weighted by Crippen LogP contribution is 2.35. The lowest BCUT2D eigenvalue weighted by Crippen LogP contribution is -2.14. The van der Waals surface area contributed by atoms with Crippen molar-refractivity contribution in [2.45, 2.75) is 11.8 Å². The van der Waals surface area contributed by atoms with E-state index in [0.717, 1.165) is 5.56 Å². The Balaban J connectivity index is 2.14. The molecule has 134 valence electrons. The number of rotatable bonds is 5. The third-order valence-corrected chi connectivity index (χ3v) is 5.02. The second-order valence-corrected chi connectivity index (χ2v) is 7.42. The smallest absolute Gasteiger partial charge is 0.238 e. The maximum Gasteiger partial charge on any atom is 0.238 e. The molecule has 2 heterocycles. The third-order valence-electron chi connectivity index (χ3n) is 3.97. The Labute approximate surface area is 152 Å². The van der Waals surface area contributed by atoms with E-state index in [1.54, 1.807) is 36.2 Å². The van der Waals surface area contributed by atoms with Crippen LogP contribution in [0.25, 0.3) is 17.3 Å². The molecule has 0 saturated carbocycles. The van der Waals surface area contributed by atoms with E-state index in [2.05, 4.69) is 21.9 Å². The van der Waals surface area contributed by atoms with Crippen molar-refractivity contribution < 1.29 is 8.42 Å². The molecule has 0 unspecified atom stereocenters. The molecule has 26 heavy (non-hydrogen) atoms. The standard InChI is InChI=1S/C18H19N5O2S/c1-4-13-5-8-17(20-9-13)22-14-6-7-16(26(19,24)25)12(2)18(14)15-10-23(3)11-21-15/h4-11H,1H2,2-3H3,(H,20,22)(H2,19,24,25). The van der Waals surface area contributed by atoms with E-state index in [0.29, 0.717) is 28.3 Å². The maximum atomic E-state index is 11.9. The minimum Gasteiger partial charge on any atom is -0.340 e. The predicted octanol–water partition coefficient (Wildman–Crippen LogP) is 2.82. The van der Waals surface area contributed by atoms with Gasteiger partial charge in [0.15, 0.2) is 0 Å². The van der Waals surface area contributed by atoms with Gasteiger partial charge in [-0.15, -0.1) is 0 Å². The molecule has 0 fully saturated rings. The zero-order valence-electron chi connectivity index (χ0n) is 14.5. The van der Waals surface area contributed by atoms with Crippen LogP contribution in [0.5, 0.6) is 0 Å². The number of hydrogen-bond donors (Lipinski definition) is 2. The van der Waals surface area contributed by atoms with Crippen LogP contribution in [0.2, 0.25) is 0 Å². The Kier molecular flexibility index (Phi) is 4.62. The number of sulfonamides is 1. The molecule has 3 rings (SSSR count). The lowest BCUT2D eigenvalue weighted by molar-refractivity contribution is 0.597. The van der Waals surface area contributed by atoms with Gasteiger partial charge in [0.05, 0.1) is 16.9 Å². The van der Waals surface area contributed by atoms with Crippen molar-refractivity contribution in [1.29, 1.82) is 0 Å². The highest BCUT2D eigenvalue weighted by molar-refractivity contribution is 7.89. The quantitative estimate of drug-likeness (QED) is 0.720. The number of nitrogens with zero attached hydrogens (tertiary/aromatic N) is 3. The van der Waals surface area contributed by atoms with Gasteiger partial charge >= 0.3 is 0 Å². The third kappa shape index (κ3) is 3.51. The summed E-state index contributed by atoms with van der Waals surface area (Å²) in [7, 11) is -2.00. The summed E-state index contributed by atoms with van der Waals surface area (Å²) in [6, 6.07) is 6.86. The molecule has 0 saturated heterocycles. The van der Waals surface area contributed by atoms with Gasteiger partial charge in [-0.05, 0) is 42.3 Å². The van der Waals surface area contributed by atoms with Gasteiger partial charge in [0.1, 0.15) is 5.82 Å². The van der Waals surface area contributed by atoms with Crippen LogP contribution in [0, 0.1) is 6.92 Å². The molecule has 8 heteroatoms. The van der Waals surface area contributed by atoms with Crippen molar-refractivity contribution in [3.63, 3.8) is 0 Å². The van der Waals surface area contributed by atoms with Crippen molar-refractivity contribution in [3.05, 3.63) is 60.7 Å². The molecule has 0 aliphatic carbocycles. The molecular weight excluding hydrogens is 350 g/mol. The lowest BCUT2D eigenvalue weighted by Gasteiger charge is -2.15. The molecule has 3 N–H and O–H groups in total. The SMILES string of the molecule is C=Cc1ccc(Nc2ccc(S(N)(=O)=O)c(C)c2-c2cn(C)cn2)nc1. The van der Waals surface area contributed by atoms with Crippen molar-refractivity contribution in [1.82, 2.24) is 14.5 Å². The second-order valence-electron chi connectivity index (χ2n) is 5.89. The number of benzene rings is 1. The van der Waals surface area contributed by atoms with Gasteiger partial charge in [0.25, 0.3) is 0 Å². The molecule has 0 aliphatic heterocycles. The van der Waals surface area contributed by atoms with Crippen LogP contribution in [-0.4, -0.2) is 23.0 Å². The Morgan fingerprint density at radius 1 is 1.23 bits per heavy atom. The van der Waals surface area contributed by atoms with Crippen molar-refractivity contribution in [3.8, 4) is 11.3 Å². The average Bonchev–Trinajstić information content (AvgIpc) is 3.00. The summed E-state index contributed by atoms with van der Waals surface area (Å²) >= 11 is 0. The Hall–Kier alpha value is -2.97. The van der Waals surface area contributed by atoms with E-state index < -0.39 is 10.0 Å². The van der Waals surface area contributed by atoms with Gasteiger partial charge < -0.3 is 9.88 Å². The molecule has 2 aromatic heterocycles. The van der Waals surface area contributed by atoms with E-state index in [-0.39, 0.29) is 4.90 Å². The summed E-state index contributed by atoms with van der Waals surface area (Å²) in [4.78, 5) is 8.76. The summed E-state index contributed by atoms with van der Waals surface area (Å²) in [5, 5.41) is 8.57. The molecular formula is C18H19N5O2S. The van der Waals surface area contributed by atoms with E-state index in [1.807, 2.05) is 25.4 Å². The van der Waals surface area contributed by atoms with Crippen LogP contribution in [0.1, 0.15) is 11.1 Å². The number of pyridine rings is 1. The van der Waals surface area contributed by atoms with E-state index in [9.17, 15) is 8.42 Å². The number of anilines is 2. The topological polar surface area (TPSA) is 103 Å². The van der Waals surface area contributed by atoms with Crippen LogP contribution in [-0.2, 0) is 17.1 Å². The van der Waals surface area contributed by atoms with E-state index >= 15 is 0 Å². The fourth-order valence-corrected chi connectivity index (χ4v) is 3.50. The number of imidazole rings is 1. The summed E-state index contributed by atoms with van der Waals surface area (Å²) in [6.07, 6.45) is 6.87. The molecule has 0 aliphatic rings. The van der Waals surface area contributed by atoms with Crippen LogP contribution in [0.3, 0.4) is 0 Å². The van der Waals surface area contributed by atoms with Gasteiger partial charge in [-0.3, -0.25) is 0 Å². The first-order chi connectivity index (χ1) is 12.3. The summed E-state index contributed by atoms with van der Waals surface area (Å²) in [5.74, 6) is 0.621. The molecule has 0 bridgehead atoms. The molecule has 0 spiro atoms. The summed E-state index contributed by atoms with van der Waals surface area (Å²) in [6.45, 7) is 5.42. The number of aryl methyl sites for hydroxylation is 1. The maximum absolute atomic E-state index is 11.9. The zero-order chi connectivity index (χ0) is 18.9. The zero-order valence-corrected chi connectivity index (χ0v) is 15.3. The first-order valence-electron chi connectivity index (χ1n) is 7.80. The lowest BCUT2D eigenvalue weighted by atomic mass is 10.0. The minimum atomic E-state index is -3.84. The number of nitrogens with two attached hydrogens (primary N) is 1. The van der Waals surface area contributed by atoms with Crippen molar-refractivity contribution in [2.75, 3.05) is 5.32 Å². The van der Waals surface area contributed by atoms with Crippen LogP contribution in [0.15, 0.2) is 54.5 Å². The Morgan fingerprint density at radius 2 is 2.00 bits per heavy atom. The van der Waals surface area contributed by atoms with Crippen LogP contribution in [0.4, 0.5) is 11.5 Å². The Morgan fingerprint density at radius 3 is 2.54 bits per heavy atom. The largest absolute Gasteiger partial charge is 0.340 e. The van der Waals surface area contributed by atoms with Gasteiger partial charge in [-0.2, -0.15) is 0 Å². The highest BCUT2D eigenvalue weighted by atomic mass is 32.2. The molecule has 0 amide bonds. The van der Waals surface area contributed by atoms with E-state index in [1.165, 1.54) is 6.07 Å². The molecule has 3 aromatic rings. The summed E-state index contributed by atoms with van der Waals surface area (Å²) < 4.78 is 25.6. The summed E-state index contributed by atoms with van der Waals surface area (Å²) in [5.41, 5.74) is 3.42. The van der Waals surface area contributed by atoms with Crippen LogP contribution >= 0.6 is 0 Å². The highest BCUT2D eigenvalue weighted by Gasteiger charge is 2.20. The number of nitrogens with one attached hydrogen (secondary N) is 1. The van der Waals surface area contributed by atoms with Gasteiger partial charge in [0, 0.05) is 30.7 Å². The van der Waals surface area contributed by atoms with E-state index in [4.69, 9.17) is 5.14 Å². The van der Waals surface area contributed by atoms with Crippen LogP contribution < -0.4 is 10.5 Å². The van der Waals surface area contributed by atoms with Gasteiger partial charge in [-0.25, -0.2) is 23.5 Å². The monoisotopic (exact) mass is 369 g/mol. The molecule has 1 aromatic carbocycles.